The van der Waals surface area contributed by atoms with E-state index in [1.807, 2.05) is 35.7 Å². The van der Waals surface area contributed by atoms with Crippen LogP contribution in [0.15, 0.2) is 46.7 Å². The Morgan fingerprint density at radius 1 is 1.26 bits per heavy atom. The molecule has 0 aliphatic rings. The Morgan fingerprint density at radius 2 is 2.11 bits per heavy atom. The predicted octanol–water partition coefficient (Wildman–Crippen LogP) is 2.51. The third kappa shape index (κ3) is 2.28. The van der Waals surface area contributed by atoms with Crippen LogP contribution < -0.4 is 11.3 Å². The molecule has 0 radical (unpaired) electrons. The van der Waals surface area contributed by atoms with E-state index >= 15 is 0 Å². The second-order valence-electron chi connectivity index (χ2n) is 4.04. The van der Waals surface area contributed by atoms with Gasteiger partial charge in [-0.15, -0.1) is 11.3 Å². The van der Waals surface area contributed by atoms with Crippen LogP contribution in [-0.2, 0) is 0 Å². The summed E-state index contributed by atoms with van der Waals surface area (Å²) in [4.78, 5) is 16.9. The quantitative estimate of drug-likeness (QED) is 0.727. The van der Waals surface area contributed by atoms with Crippen molar-refractivity contribution >= 4 is 34.1 Å². The molecule has 0 fully saturated rings. The molecule has 0 atom stereocenters. The van der Waals surface area contributed by atoms with Gasteiger partial charge in [-0.1, -0.05) is 24.3 Å². The van der Waals surface area contributed by atoms with Crippen molar-refractivity contribution in [2.75, 3.05) is 5.73 Å². The van der Waals surface area contributed by atoms with Crippen LogP contribution in [0.4, 0.5) is 5.69 Å². The Bertz CT molecular complexity index is 817. The molecule has 0 amide bonds. The number of hydrogen-bond donors (Lipinski definition) is 1. The van der Waals surface area contributed by atoms with Crippen molar-refractivity contribution in [1.82, 2.24) is 9.38 Å². The standard InChI is InChI=1S/C14H11N3OS/c15-12-4-2-1-3-10(12)5-6-11-9-13(18)17-7-8-19-14(17)16-11/h1-9H,15H2. The van der Waals surface area contributed by atoms with Crippen LogP contribution in [-0.4, -0.2) is 9.38 Å². The molecular formula is C14H11N3OS. The van der Waals surface area contributed by atoms with E-state index in [9.17, 15) is 4.79 Å². The first-order chi connectivity index (χ1) is 9.24. The van der Waals surface area contributed by atoms with E-state index in [-0.39, 0.29) is 5.56 Å². The average molecular weight is 269 g/mol. The van der Waals surface area contributed by atoms with Crippen LogP contribution in [0, 0.1) is 0 Å². The molecule has 94 valence electrons. The SMILES string of the molecule is Nc1ccccc1C=Cc1cc(=O)n2ccsc2n1. The fourth-order valence-corrected chi connectivity index (χ4v) is 2.51. The summed E-state index contributed by atoms with van der Waals surface area (Å²) < 4.78 is 1.53. The Hall–Kier alpha value is -2.40. The Balaban J connectivity index is 2.02. The number of fused-ring (bicyclic) bond motifs is 1. The van der Waals surface area contributed by atoms with Crippen LogP contribution in [0.5, 0.6) is 0 Å². The lowest BCUT2D eigenvalue weighted by atomic mass is 10.1. The van der Waals surface area contributed by atoms with Crippen LogP contribution in [0.1, 0.15) is 11.3 Å². The molecule has 4 nitrogen and oxygen atoms in total. The Morgan fingerprint density at radius 3 is 2.95 bits per heavy atom. The highest BCUT2D eigenvalue weighted by Crippen LogP contribution is 2.14. The fraction of sp³-hybridized carbons (Fsp3) is 0. The fourth-order valence-electron chi connectivity index (χ4n) is 1.78. The lowest BCUT2D eigenvalue weighted by Gasteiger charge is -1.98. The second-order valence-corrected chi connectivity index (χ2v) is 4.91. The van der Waals surface area contributed by atoms with Crippen molar-refractivity contribution in [3.63, 3.8) is 0 Å². The molecule has 19 heavy (non-hydrogen) atoms. The summed E-state index contributed by atoms with van der Waals surface area (Å²) in [5, 5.41) is 1.84. The summed E-state index contributed by atoms with van der Waals surface area (Å²) >= 11 is 1.43. The molecule has 3 aromatic rings. The van der Waals surface area contributed by atoms with Gasteiger partial charge in [-0.3, -0.25) is 9.20 Å². The van der Waals surface area contributed by atoms with Gasteiger partial charge in [0, 0.05) is 23.3 Å². The third-order valence-electron chi connectivity index (χ3n) is 2.75. The monoisotopic (exact) mass is 269 g/mol. The number of anilines is 1. The maximum atomic E-state index is 11.8. The van der Waals surface area contributed by atoms with Gasteiger partial charge in [0.05, 0.1) is 5.69 Å². The molecule has 0 spiro atoms. The van der Waals surface area contributed by atoms with Crippen molar-refractivity contribution in [3.05, 3.63) is 63.5 Å². The minimum Gasteiger partial charge on any atom is -0.398 e. The number of nitrogens with two attached hydrogens (primary N) is 1. The Kier molecular flexibility index (Phi) is 2.89. The summed E-state index contributed by atoms with van der Waals surface area (Å²) in [7, 11) is 0. The molecule has 2 N–H and O–H groups in total. The average Bonchev–Trinajstić information content (AvgIpc) is 2.87. The number of rotatable bonds is 2. The van der Waals surface area contributed by atoms with E-state index in [0.29, 0.717) is 16.3 Å². The maximum Gasteiger partial charge on any atom is 0.259 e. The highest BCUT2D eigenvalue weighted by atomic mass is 32.1. The molecule has 0 aliphatic carbocycles. The largest absolute Gasteiger partial charge is 0.398 e. The van der Waals surface area contributed by atoms with Crippen molar-refractivity contribution in [2.45, 2.75) is 0 Å². The van der Waals surface area contributed by atoms with Crippen molar-refractivity contribution < 1.29 is 0 Å². The van der Waals surface area contributed by atoms with Gasteiger partial charge in [-0.2, -0.15) is 0 Å². The van der Waals surface area contributed by atoms with Gasteiger partial charge in [0.2, 0.25) is 0 Å². The normalized spacial score (nSPS) is 11.4. The lowest BCUT2D eigenvalue weighted by molar-refractivity contribution is 1.07. The summed E-state index contributed by atoms with van der Waals surface area (Å²) in [6, 6.07) is 9.07. The van der Waals surface area contributed by atoms with Gasteiger partial charge in [0.25, 0.3) is 5.56 Å². The van der Waals surface area contributed by atoms with Crippen LogP contribution in [0.3, 0.4) is 0 Å². The number of para-hydroxylation sites is 1. The molecule has 1 aromatic carbocycles. The topological polar surface area (TPSA) is 60.4 Å². The molecule has 0 unspecified atom stereocenters. The summed E-state index contributed by atoms with van der Waals surface area (Å²) in [5.74, 6) is 0. The van der Waals surface area contributed by atoms with E-state index < -0.39 is 0 Å². The molecule has 2 aromatic heterocycles. The molecule has 5 heteroatoms. The number of aromatic nitrogens is 2. The molecule has 0 saturated carbocycles. The van der Waals surface area contributed by atoms with Gasteiger partial charge < -0.3 is 5.73 Å². The molecule has 0 aliphatic heterocycles. The zero-order chi connectivity index (χ0) is 13.2. The number of nitrogen functional groups attached to an aromatic ring is 1. The third-order valence-corrected chi connectivity index (χ3v) is 3.51. The highest BCUT2D eigenvalue weighted by Gasteiger charge is 2.00. The number of benzene rings is 1. The van der Waals surface area contributed by atoms with E-state index in [1.54, 1.807) is 12.3 Å². The van der Waals surface area contributed by atoms with Crippen molar-refractivity contribution in [1.29, 1.82) is 0 Å². The smallest absolute Gasteiger partial charge is 0.259 e. The van der Waals surface area contributed by atoms with Crippen molar-refractivity contribution in [2.24, 2.45) is 0 Å². The van der Waals surface area contributed by atoms with Crippen LogP contribution in [0.2, 0.25) is 0 Å². The van der Waals surface area contributed by atoms with Crippen molar-refractivity contribution in [3.8, 4) is 0 Å². The van der Waals surface area contributed by atoms with Crippen LogP contribution in [0.25, 0.3) is 17.1 Å². The van der Waals surface area contributed by atoms with Gasteiger partial charge in [-0.05, 0) is 17.7 Å². The van der Waals surface area contributed by atoms with Gasteiger partial charge >= 0.3 is 0 Å². The second kappa shape index (κ2) is 4.70. The highest BCUT2D eigenvalue weighted by molar-refractivity contribution is 7.15. The lowest BCUT2D eigenvalue weighted by Crippen LogP contribution is -2.11. The van der Waals surface area contributed by atoms with Gasteiger partial charge in [-0.25, -0.2) is 4.98 Å². The molecule has 2 heterocycles. The van der Waals surface area contributed by atoms with E-state index in [0.717, 1.165) is 5.56 Å². The van der Waals surface area contributed by atoms with Crippen LogP contribution >= 0.6 is 11.3 Å². The molecular weight excluding hydrogens is 258 g/mol. The first-order valence-corrected chi connectivity index (χ1v) is 6.61. The minimum atomic E-state index is -0.0769. The summed E-state index contributed by atoms with van der Waals surface area (Å²) in [6.45, 7) is 0. The Labute approximate surface area is 113 Å². The summed E-state index contributed by atoms with van der Waals surface area (Å²) in [6.07, 6.45) is 5.38. The minimum absolute atomic E-state index is 0.0769. The number of hydrogen-bond acceptors (Lipinski definition) is 4. The summed E-state index contributed by atoms with van der Waals surface area (Å²) in [5.41, 5.74) is 8.03. The van der Waals surface area contributed by atoms with E-state index in [1.165, 1.54) is 21.8 Å². The predicted molar refractivity (Wildman–Crippen MR) is 79.1 cm³/mol. The first kappa shape index (κ1) is 11.7. The maximum absolute atomic E-state index is 11.8. The number of thiazole rings is 1. The van der Waals surface area contributed by atoms with Gasteiger partial charge in [0.15, 0.2) is 4.96 Å². The molecule has 0 saturated heterocycles. The molecule has 3 rings (SSSR count). The van der Waals surface area contributed by atoms with E-state index in [2.05, 4.69) is 4.98 Å². The zero-order valence-corrected chi connectivity index (χ0v) is 10.8. The first-order valence-electron chi connectivity index (χ1n) is 5.73. The molecule has 0 bridgehead atoms. The van der Waals surface area contributed by atoms with Gasteiger partial charge in [0.1, 0.15) is 0 Å². The number of nitrogens with zero attached hydrogens (tertiary/aromatic N) is 2. The van der Waals surface area contributed by atoms with E-state index in [4.69, 9.17) is 5.73 Å². The zero-order valence-electron chi connectivity index (χ0n) is 9.98.